The van der Waals surface area contributed by atoms with Gasteiger partial charge in [-0.3, -0.25) is 10.1 Å². The van der Waals surface area contributed by atoms with Crippen LogP contribution in [0.25, 0.3) is 0 Å². The maximum atomic E-state index is 12.2. The molecule has 0 aliphatic carbocycles. The Bertz CT molecular complexity index is 789. The molecule has 7 nitrogen and oxygen atoms in total. The summed E-state index contributed by atoms with van der Waals surface area (Å²) in [6.07, 6.45) is 0.132. The van der Waals surface area contributed by atoms with Crippen LogP contribution in [0, 0.1) is 0 Å². The molecule has 2 aromatic rings. The number of urea groups is 1. The molecule has 0 spiro atoms. The number of piperazine rings is 1. The first-order valence-corrected chi connectivity index (χ1v) is 9.49. The van der Waals surface area contributed by atoms with Gasteiger partial charge < -0.3 is 15.1 Å². The lowest BCUT2D eigenvalue weighted by atomic mass is 10.3. The first kappa shape index (κ1) is 18.6. The minimum absolute atomic E-state index is 0.132. The summed E-state index contributed by atoms with van der Waals surface area (Å²) in [6, 6.07) is 6.82. The van der Waals surface area contributed by atoms with Gasteiger partial charge in [0.25, 0.3) is 0 Å². The number of nitrogens with zero attached hydrogens (tertiary/aromatic N) is 3. The Morgan fingerprint density at radius 2 is 2.00 bits per heavy atom. The van der Waals surface area contributed by atoms with Crippen LogP contribution in [0.5, 0.6) is 0 Å². The van der Waals surface area contributed by atoms with Crippen LogP contribution in [-0.2, 0) is 11.2 Å². The van der Waals surface area contributed by atoms with Gasteiger partial charge in [-0.2, -0.15) is 0 Å². The van der Waals surface area contributed by atoms with Crippen LogP contribution in [0.4, 0.5) is 15.6 Å². The van der Waals surface area contributed by atoms with Crippen LogP contribution in [-0.4, -0.2) is 59.9 Å². The van der Waals surface area contributed by atoms with Crippen molar-refractivity contribution in [1.82, 2.24) is 14.8 Å². The van der Waals surface area contributed by atoms with Crippen molar-refractivity contribution >= 4 is 45.7 Å². The number of benzene rings is 1. The van der Waals surface area contributed by atoms with E-state index in [1.165, 1.54) is 11.3 Å². The Balaban J connectivity index is 1.51. The molecule has 1 aromatic carbocycles. The van der Waals surface area contributed by atoms with Crippen LogP contribution in [0.15, 0.2) is 29.6 Å². The second kappa shape index (κ2) is 8.48. The molecule has 1 aliphatic heterocycles. The van der Waals surface area contributed by atoms with Crippen molar-refractivity contribution in [2.24, 2.45) is 0 Å². The number of anilines is 2. The first-order valence-electron chi connectivity index (χ1n) is 8.24. The zero-order valence-electron chi connectivity index (χ0n) is 14.4. The fourth-order valence-electron chi connectivity index (χ4n) is 2.56. The normalized spacial score (nSPS) is 14.9. The summed E-state index contributed by atoms with van der Waals surface area (Å²) in [5.41, 5.74) is 1.25. The number of rotatable bonds is 4. The third kappa shape index (κ3) is 5.17. The van der Waals surface area contributed by atoms with Crippen molar-refractivity contribution in [1.29, 1.82) is 0 Å². The molecule has 3 rings (SSSR count). The van der Waals surface area contributed by atoms with Crippen molar-refractivity contribution in [3.8, 4) is 0 Å². The number of amides is 3. The van der Waals surface area contributed by atoms with E-state index in [0.29, 0.717) is 34.6 Å². The Kier molecular flexibility index (Phi) is 6.08. The lowest BCUT2D eigenvalue weighted by molar-refractivity contribution is -0.115. The van der Waals surface area contributed by atoms with E-state index in [2.05, 4.69) is 20.5 Å². The van der Waals surface area contributed by atoms with E-state index >= 15 is 0 Å². The van der Waals surface area contributed by atoms with E-state index in [-0.39, 0.29) is 18.4 Å². The van der Waals surface area contributed by atoms with Gasteiger partial charge in [-0.15, -0.1) is 11.3 Å². The Hall–Kier alpha value is -2.16. The molecule has 1 saturated heterocycles. The first-order chi connectivity index (χ1) is 12.5. The number of hydrogen-bond acceptors (Lipinski definition) is 5. The average molecular weight is 394 g/mol. The summed E-state index contributed by atoms with van der Waals surface area (Å²) in [5, 5.41) is 8.42. The van der Waals surface area contributed by atoms with E-state index in [9.17, 15) is 9.59 Å². The van der Waals surface area contributed by atoms with Crippen LogP contribution in [0.3, 0.4) is 0 Å². The second-order valence-corrected chi connectivity index (χ2v) is 7.39. The predicted octanol–water partition coefficient (Wildman–Crippen LogP) is 2.76. The molecule has 0 radical (unpaired) electrons. The fraction of sp³-hybridized carbons (Fsp3) is 0.353. The van der Waals surface area contributed by atoms with E-state index in [4.69, 9.17) is 11.6 Å². The zero-order chi connectivity index (χ0) is 18.5. The maximum Gasteiger partial charge on any atom is 0.323 e. The maximum absolute atomic E-state index is 12.2. The molecule has 1 fully saturated rings. The molecule has 2 heterocycles. The molecule has 2 N–H and O–H groups in total. The van der Waals surface area contributed by atoms with Gasteiger partial charge in [0.05, 0.1) is 12.1 Å². The molecule has 0 bridgehead atoms. The van der Waals surface area contributed by atoms with Crippen LogP contribution in [0.2, 0.25) is 5.02 Å². The third-order valence-electron chi connectivity index (χ3n) is 4.01. The van der Waals surface area contributed by atoms with Gasteiger partial charge in [0.15, 0.2) is 5.13 Å². The van der Waals surface area contributed by atoms with Gasteiger partial charge in [0, 0.05) is 42.3 Å². The van der Waals surface area contributed by atoms with Crippen molar-refractivity contribution in [2.75, 3.05) is 43.9 Å². The van der Waals surface area contributed by atoms with Gasteiger partial charge in [-0.05, 0) is 25.2 Å². The minimum Gasteiger partial charge on any atom is -0.326 e. The highest BCUT2D eigenvalue weighted by molar-refractivity contribution is 7.13. The zero-order valence-corrected chi connectivity index (χ0v) is 15.9. The van der Waals surface area contributed by atoms with E-state index < -0.39 is 0 Å². The van der Waals surface area contributed by atoms with Gasteiger partial charge in [-0.25, -0.2) is 9.78 Å². The number of likely N-dealkylation sites (N-methyl/N-ethyl adjacent to an activating group) is 1. The van der Waals surface area contributed by atoms with Gasteiger partial charge in [0.1, 0.15) is 0 Å². The highest BCUT2D eigenvalue weighted by atomic mass is 35.5. The Morgan fingerprint density at radius 3 is 2.73 bits per heavy atom. The standard InChI is InChI=1S/C17H20ClN5O2S/c1-22-5-7-23(8-6-22)17(25)21-16-20-14(11-26-16)10-15(24)19-13-4-2-3-12(18)9-13/h2-4,9,11H,5-8,10H2,1H3,(H,19,24)(H,20,21,25). The van der Waals surface area contributed by atoms with Gasteiger partial charge in [-0.1, -0.05) is 17.7 Å². The second-order valence-electron chi connectivity index (χ2n) is 6.10. The molecule has 3 amide bonds. The van der Waals surface area contributed by atoms with Crippen molar-refractivity contribution < 1.29 is 9.59 Å². The van der Waals surface area contributed by atoms with E-state index in [1.807, 2.05) is 7.05 Å². The summed E-state index contributed by atoms with van der Waals surface area (Å²) >= 11 is 7.22. The van der Waals surface area contributed by atoms with Crippen LogP contribution >= 0.6 is 22.9 Å². The quantitative estimate of drug-likeness (QED) is 0.837. The monoisotopic (exact) mass is 393 g/mol. The SMILES string of the molecule is CN1CCN(C(=O)Nc2nc(CC(=O)Nc3cccc(Cl)c3)cs2)CC1. The molecule has 1 aromatic heterocycles. The number of hydrogen-bond donors (Lipinski definition) is 2. The minimum atomic E-state index is -0.186. The van der Waals surface area contributed by atoms with Crippen LogP contribution < -0.4 is 10.6 Å². The van der Waals surface area contributed by atoms with Gasteiger partial charge in [0.2, 0.25) is 5.91 Å². The van der Waals surface area contributed by atoms with E-state index in [0.717, 1.165) is 13.1 Å². The number of carbonyl (C=O) groups excluding carboxylic acids is 2. The molecule has 0 atom stereocenters. The average Bonchev–Trinajstić information content (AvgIpc) is 3.02. The highest BCUT2D eigenvalue weighted by Gasteiger charge is 2.20. The molecule has 0 saturated carbocycles. The van der Waals surface area contributed by atoms with Crippen LogP contribution in [0.1, 0.15) is 5.69 Å². The molecule has 26 heavy (non-hydrogen) atoms. The third-order valence-corrected chi connectivity index (χ3v) is 5.05. The Labute approximate surface area is 161 Å². The number of nitrogens with one attached hydrogen (secondary N) is 2. The summed E-state index contributed by atoms with van der Waals surface area (Å²) in [6.45, 7) is 3.12. The van der Waals surface area contributed by atoms with Crippen molar-refractivity contribution in [3.05, 3.63) is 40.4 Å². The fourth-order valence-corrected chi connectivity index (χ4v) is 3.45. The molecule has 1 aliphatic rings. The number of thiazole rings is 1. The predicted molar refractivity (Wildman–Crippen MR) is 104 cm³/mol. The lowest BCUT2D eigenvalue weighted by Crippen LogP contribution is -2.48. The summed E-state index contributed by atoms with van der Waals surface area (Å²) in [4.78, 5) is 32.6. The molecular formula is C17H20ClN5O2S. The number of halogens is 1. The Morgan fingerprint density at radius 1 is 1.23 bits per heavy atom. The van der Waals surface area contributed by atoms with E-state index in [1.54, 1.807) is 34.5 Å². The highest BCUT2D eigenvalue weighted by Crippen LogP contribution is 2.18. The summed E-state index contributed by atoms with van der Waals surface area (Å²) in [5.74, 6) is -0.186. The number of aromatic nitrogens is 1. The smallest absolute Gasteiger partial charge is 0.323 e. The summed E-state index contributed by atoms with van der Waals surface area (Å²) < 4.78 is 0. The molecule has 0 unspecified atom stereocenters. The van der Waals surface area contributed by atoms with Gasteiger partial charge >= 0.3 is 6.03 Å². The number of carbonyl (C=O) groups is 2. The lowest BCUT2D eigenvalue weighted by Gasteiger charge is -2.32. The molecule has 138 valence electrons. The van der Waals surface area contributed by atoms with Crippen molar-refractivity contribution in [2.45, 2.75) is 6.42 Å². The topological polar surface area (TPSA) is 77.6 Å². The molecular weight excluding hydrogens is 374 g/mol. The van der Waals surface area contributed by atoms with Crippen molar-refractivity contribution in [3.63, 3.8) is 0 Å². The summed E-state index contributed by atoms with van der Waals surface area (Å²) in [7, 11) is 2.04. The largest absolute Gasteiger partial charge is 0.326 e. The molecule has 9 heteroatoms.